The first-order valence-corrected chi connectivity index (χ1v) is 7.12. The maximum absolute atomic E-state index is 11.0. The lowest BCUT2D eigenvalue weighted by atomic mass is 9.82. The number of amides is 1. The van der Waals surface area contributed by atoms with Crippen molar-refractivity contribution in [2.24, 2.45) is 16.9 Å². The van der Waals surface area contributed by atoms with Gasteiger partial charge in [0, 0.05) is 17.3 Å². The van der Waals surface area contributed by atoms with E-state index in [1.165, 1.54) is 5.56 Å². The highest BCUT2D eigenvalue weighted by Gasteiger charge is 2.25. The van der Waals surface area contributed by atoms with Gasteiger partial charge in [0.15, 0.2) is 0 Å². The van der Waals surface area contributed by atoms with Crippen LogP contribution < -0.4 is 11.5 Å². The third-order valence-corrected chi connectivity index (χ3v) is 4.94. The molecule has 0 aliphatic carbocycles. The van der Waals surface area contributed by atoms with E-state index in [0.29, 0.717) is 6.42 Å². The fraction of sp³-hybridized carbons (Fsp3) is 0.583. The summed E-state index contributed by atoms with van der Waals surface area (Å²) < 4.78 is 1.12. The molecule has 1 unspecified atom stereocenters. The Morgan fingerprint density at radius 3 is 2.59 bits per heavy atom. The standard InChI is InChI=1S/C12H19BrN2OS/c1-7-4-9(17-11(7)13)8(14)5-12(2,3)6-10(15)16/h4,8H,5-6,14H2,1-3H3,(H2,15,16). The minimum absolute atomic E-state index is 0.0423. The summed E-state index contributed by atoms with van der Waals surface area (Å²) in [5.41, 5.74) is 12.5. The number of hydrogen-bond acceptors (Lipinski definition) is 3. The number of carbonyl (C=O) groups is 1. The summed E-state index contributed by atoms with van der Waals surface area (Å²) in [7, 11) is 0. The van der Waals surface area contributed by atoms with Gasteiger partial charge in [-0.3, -0.25) is 4.79 Å². The number of nitrogens with two attached hydrogens (primary N) is 2. The second kappa shape index (κ2) is 5.50. The molecule has 0 spiro atoms. The largest absolute Gasteiger partial charge is 0.370 e. The Morgan fingerprint density at radius 1 is 1.59 bits per heavy atom. The molecule has 96 valence electrons. The molecule has 1 heterocycles. The first-order valence-electron chi connectivity index (χ1n) is 5.51. The first kappa shape index (κ1) is 14.7. The van der Waals surface area contributed by atoms with Crippen molar-refractivity contribution >= 4 is 33.2 Å². The lowest BCUT2D eigenvalue weighted by Crippen LogP contribution is -2.26. The molecular formula is C12H19BrN2OS. The molecule has 5 heteroatoms. The van der Waals surface area contributed by atoms with Crippen LogP contribution in [0.15, 0.2) is 9.85 Å². The van der Waals surface area contributed by atoms with Crippen LogP contribution in [0.2, 0.25) is 0 Å². The van der Waals surface area contributed by atoms with Crippen molar-refractivity contribution in [1.82, 2.24) is 0 Å². The summed E-state index contributed by atoms with van der Waals surface area (Å²) >= 11 is 5.15. The summed E-state index contributed by atoms with van der Waals surface area (Å²) in [6, 6.07) is 2.05. The van der Waals surface area contributed by atoms with Crippen LogP contribution in [0, 0.1) is 12.3 Å². The average Bonchev–Trinajstić information content (AvgIpc) is 2.43. The van der Waals surface area contributed by atoms with Gasteiger partial charge < -0.3 is 11.5 Å². The smallest absolute Gasteiger partial charge is 0.217 e. The molecule has 4 N–H and O–H groups in total. The highest BCUT2D eigenvalue weighted by molar-refractivity contribution is 9.11. The number of primary amides is 1. The minimum Gasteiger partial charge on any atom is -0.370 e. The van der Waals surface area contributed by atoms with Crippen molar-refractivity contribution in [2.45, 2.75) is 39.7 Å². The Hall–Kier alpha value is -0.390. The van der Waals surface area contributed by atoms with Gasteiger partial charge in [0.25, 0.3) is 0 Å². The first-order chi connectivity index (χ1) is 7.71. The van der Waals surface area contributed by atoms with Crippen molar-refractivity contribution in [3.05, 3.63) is 20.3 Å². The zero-order valence-corrected chi connectivity index (χ0v) is 12.8. The molecule has 0 saturated heterocycles. The molecule has 0 aromatic carbocycles. The number of halogens is 1. The lowest BCUT2D eigenvalue weighted by molar-refractivity contribution is -0.120. The van der Waals surface area contributed by atoms with E-state index < -0.39 is 0 Å². The Balaban J connectivity index is 2.71. The zero-order chi connectivity index (χ0) is 13.2. The summed E-state index contributed by atoms with van der Waals surface area (Å²) in [6.07, 6.45) is 1.12. The molecular weight excluding hydrogens is 300 g/mol. The van der Waals surface area contributed by atoms with Crippen molar-refractivity contribution in [2.75, 3.05) is 0 Å². The van der Waals surface area contributed by atoms with Crippen LogP contribution in [0.3, 0.4) is 0 Å². The molecule has 0 saturated carbocycles. The highest BCUT2D eigenvalue weighted by atomic mass is 79.9. The predicted octanol–water partition coefficient (Wildman–Crippen LogP) is 3.11. The fourth-order valence-electron chi connectivity index (χ4n) is 1.91. The van der Waals surface area contributed by atoms with Crippen LogP contribution in [0.4, 0.5) is 0 Å². The van der Waals surface area contributed by atoms with Gasteiger partial charge in [0.2, 0.25) is 5.91 Å². The van der Waals surface area contributed by atoms with Gasteiger partial charge in [-0.25, -0.2) is 0 Å². The number of thiophene rings is 1. The predicted molar refractivity (Wildman–Crippen MR) is 75.9 cm³/mol. The van der Waals surface area contributed by atoms with Crippen LogP contribution in [-0.2, 0) is 4.79 Å². The van der Waals surface area contributed by atoms with E-state index in [1.54, 1.807) is 11.3 Å². The van der Waals surface area contributed by atoms with Crippen molar-refractivity contribution < 1.29 is 4.79 Å². The molecule has 1 rings (SSSR count). The van der Waals surface area contributed by atoms with Gasteiger partial charge in [-0.15, -0.1) is 11.3 Å². The number of aryl methyl sites for hydroxylation is 1. The molecule has 17 heavy (non-hydrogen) atoms. The molecule has 1 aromatic heterocycles. The molecule has 1 aromatic rings. The van der Waals surface area contributed by atoms with Crippen LogP contribution in [0.5, 0.6) is 0 Å². The van der Waals surface area contributed by atoms with Crippen LogP contribution in [0.1, 0.15) is 43.2 Å². The van der Waals surface area contributed by atoms with Crippen molar-refractivity contribution in [1.29, 1.82) is 0 Å². The number of rotatable bonds is 5. The van der Waals surface area contributed by atoms with Crippen LogP contribution in [-0.4, -0.2) is 5.91 Å². The van der Waals surface area contributed by atoms with Gasteiger partial charge in [-0.2, -0.15) is 0 Å². The van der Waals surface area contributed by atoms with Gasteiger partial charge >= 0.3 is 0 Å². The summed E-state index contributed by atoms with van der Waals surface area (Å²) in [5.74, 6) is -0.272. The third kappa shape index (κ3) is 4.41. The lowest BCUT2D eigenvalue weighted by Gasteiger charge is -2.26. The second-order valence-corrected chi connectivity index (χ2v) is 7.63. The van der Waals surface area contributed by atoms with E-state index in [9.17, 15) is 4.79 Å². The zero-order valence-electron chi connectivity index (χ0n) is 10.4. The van der Waals surface area contributed by atoms with E-state index in [2.05, 4.69) is 22.0 Å². The van der Waals surface area contributed by atoms with Gasteiger partial charge in [-0.05, 0) is 46.3 Å². The van der Waals surface area contributed by atoms with Gasteiger partial charge in [0.05, 0.1) is 3.79 Å². The monoisotopic (exact) mass is 318 g/mol. The molecule has 0 bridgehead atoms. The van der Waals surface area contributed by atoms with Crippen molar-refractivity contribution in [3.8, 4) is 0 Å². The molecule has 1 amide bonds. The quantitative estimate of drug-likeness (QED) is 0.875. The number of hydrogen-bond donors (Lipinski definition) is 2. The van der Waals surface area contributed by atoms with E-state index in [4.69, 9.17) is 11.5 Å². The summed E-state index contributed by atoms with van der Waals surface area (Å²) in [4.78, 5) is 12.1. The molecule has 1 atom stereocenters. The van der Waals surface area contributed by atoms with E-state index in [-0.39, 0.29) is 17.4 Å². The Kier molecular flexibility index (Phi) is 4.75. The Morgan fingerprint density at radius 2 is 2.18 bits per heavy atom. The SMILES string of the molecule is Cc1cc(C(N)CC(C)(C)CC(N)=O)sc1Br. The number of carbonyl (C=O) groups excluding carboxylic acids is 1. The van der Waals surface area contributed by atoms with E-state index >= 15 is 0 Å². The Bertz CT molecular complexity index is 395. The maximum Gasteiger partial charge on any atom is 0.217 e. The molecule has 3 nitrogen and oxygen atoms in total. The van der Waals surface area contributed by atoms with Crippen LogP contribution >= 0.6 is 27.3 Å². The summed E-state index contributed by atoms with van der Waals surface area (Å²) in [6.45, 7) is 6.09. The Labute approximate surface area is 115 Å². The van der Waals surface area contributed by atoms with E-state index in [1.807, 2.05) is 20.8 Å². The minimum atomic E-state index is -0.272. The highest BCUT2D eigenvalue weighted by Crippen LogP contribution is 2.36. The van der Waals surface area contributed by atoms with Gasteiger partial charge in [0.1, 0.15) is 0 Å². The van der Waals surface area contributed by atoms with Crippen LogP contribution in [0.25, 0.3) is 0 Å². The second-order valence-electron chi connectivity index (χ2n) is 5.22. The van der Waals surface area contributed by atoms with Crippen molar-refractivity contribution in [3.63, 3.8) is 0 Å². The fourth-order valence-corrected chi connectivity index (χ4v) is 3.48. The normalized spacial score (nSPS) is 13.7. The average molecular weight is 319 g/mol. The maximum atomic E-state index is 11.0. The molecule has 0 aliphatic heterocycles. The molecule has 0 fully saturated rings. The summed E-state index contributed by atoms with van der Waals surface area (Å²) in [5, 5.41) is 0. The molecule has 0 radical (unpaired) electrons. The third-order valence-electron chi connectivity index (χ3n) is 2.67. The van der Waals surface area contributed by atoms with E-state index in [0.717, 1.165) is 15.1 Å². The molecule has 0 aliphatic rings. The van der Waals surface area contributed by atoms with Gasteiger partial charge in [-0.1, -0.05) is 13.8 Å². The topological polar surface area (TPSA) is 69.1 Å².